The monoisotopic (exact) mass is 873 g/mol. The van der Waals surface area contributed by atoms with Gasteiger partial charge in [0.25, 0.3) is 0 Å². The molecule has 0 aromatic carbocycles. The van der Waals surface area contributed by atoms with Gasteiger partial charge in [0, 0.05) is 0 Å². The highest BCUT2D eigenvalue weighted by Crippen LogP contribution is 2.15. The zero-order valence-corrected chi connectivity index (χ0v) is 39.1. The van der Waals surface area contributed by atoms with Crippen LogP contribution < -0.4 is 34.0 Å². The third kappa shape index (κ3) is 43.4. The van der Waals surface area contributed by atoms with E-state index in [1.807, 2.05) is 0 Å². The van der Waals surface area contributed by atoms with E-state index in [1.165, 1.54) is 180 Å². The van der Waals surface area contributed by atoms with Crippen LogP contribution in [0.25, 0.3) is 0 Å². The smallest absolute Gasteiger partial charge is 0.126 e. The van der Waals surface area contributed by atoms with Crippen molar-refractivity contribution in [1.29, 1.82) is 0 Å². The zero-order chi connectivity index (χ0) is 37.0. The average molecular weight is 875 g/mol. The van der Waals surface area contributed by atoms with Crippen LogP contribution in [0.3, 0.4) is 0 Å². The van der Waals surface area contributed by atoms with Crippen molar-refractivity contribution in [3.63, 3.8) is 0 Å². The summed E-state index contributed by atoms with van der Waals surface area (Å²) in [6, 6.07) is 0. The molecule has 0 radical (unpaired) electrons. The van der Waals surface area contributed by atoms with Gasteiger partial charge in [0.2, 0.25) is 0 Å². The molecule has 0 bridgehead atoms. The molecule has 2 unspecified atom stereocenters. The Labute approximate surface area is 347 Å². The first kappa shape index (κ1) is 57.0. The van der Waals surface area contributed by atoms with Crippen molar-refractivity contribution >= 4 is 0 Å². The van der Waals surface area contributed by atoms with Crippen molar-refractivity contribution in [2.45, 2.75) is 206 Å². The summed E-state index contributed by atoms with van der Waals surface area (Å²) in [5.41, 5.74) is 0. The third-order valence-electron chi connectivity index (χ3n) is 10.6. The van der Waals surface area contributed by atoms with Crippen molar-refractivity contribution < 1.29 is 62.6 Å². The minimum absolute atomic E-state index is 0. The van der Waals surface area contributed by atoms with Gasteiger partial charge in [-0.15, -0.1) is 0 Å². The molecule has 2 atom stereocenters. The molecular formula is C44H94Br2N2O4. The first-order valence-corrected chi connectivity index (χ1v) is 22.3. The van der Waals surface area contributed by atoms with Gasteiger partial charge < -0.3 is 62.6 Å². The van der Waals surface area contributed by atoms with Gasteiger partial charge >= 0.3 is 0 Å². The maximum atomic E-state index is 10.5. The molecule has 0 spiro atoms. The molecule has 0 fully saturated rings. The molecule has 0 rings (SSSR count). The molecule has 0 aromatic rings. The summed E-state index contributed by atoms with van der Waals surface area (Å²) in [4.78, 5) is 0. The highest BCUT2D eigenvalue weighted by molar-refractivity contribution is 4.56. The number of nitrogens with zero attached hydrogens (tertiary/aromatic N) is 2. The molecule has 0 amide bonds. The SMILES string of the molecule is CCCCCCCCCCCCCCCC[N+](C)(C)CC(O)COCCOCC(O)C[N+](C)(C)CCCCCCCCCCCCCCCC.[Br-].[Br-]. The van der Waals surface area contributed by atoms with E-state index < -0.39 is 12.2 Å². The molecule has 318 valence electrons. The summed E-state index contributed by atoms with van der Waals surface area (Å²) >= 11 is 0. The molecule has 6 nitrogen and oxygen atoms in total. The van der Waals surface area contributed by atoms with Gasteiger partial charge in [0.15, 0.2) is 0 Å². The summed E-state index contributed by atoms with van der Waals surface area (Å²) in [5, 5.41) is 21.1. The maximum Gasteiger partial charge on any atom is 0.126 e. The van der Waals surface area contributed by atoms with Crippen LogP contribution in [0.5, 0.6) is 0 Å². The fourth-order valence-electron chi connectivity index (χ4n) is 7.45. The lowest BCUT2D eigenvalue weighted by atomic mass is 10.0. The van der Waals surface area contributed by atoms with Crippen molar-refractivity contribution in [3.8, 4) is 0 Å². The molecule has 2 N–H and O–H groups in total. The van der Waals surface area contributed by atoms with Gasteiger partial charge in [-0.25, -0.2) is 0 Å². The molecule has 52 heavy (non-hydrogen) atoms. The Morgan fingerprint density at radius 2 is 0.577 bits per heavy atom. The van der Waals surface area contributed by atoms with Crippen LogP contribution >= 0.6 is 0 Å². The largest absolute Gasteiger partial charge is 1.00 e. The minimum Gasteiger partial charge on any atom is -1.00 e. The predicted octanol–water partition coefficient (Wildman–Crippen LogP) is 4.86. The van der Waals surface area contributed by atoms with Gasteiger partial charge in [0.05, 0.1) is 67.7 Å². The van der Waals surface area contributed by atoms with Crippen molar-refractivity contribution in [3.05, 3.63) is 0 Å². The second-order valence-electron chi connectivity index (χ2n) is 17.3. The number of aliphatic hydroxyl groups is 2. The number of unbranched alkanes of at least 4 members (excludes halogenated alkanes) is 26. The Morgan fingerprint density at radius 1 is 0.365 bits per heavy atom. The molecule has 0 aliphatic heterocycles. The summed E-state index contributed by atoms with van der Waals surface area (Å²) in [6.45, 7) is 9.79. The number of quaternary nitrogens is 2. The van der Waals surface area contributed by atoms with E-state index in [2.05, 4.69) is 42.0 Å². The van der Waals surface area contributed by atoms with Gasteiger partial charge in [-0.3, -0.25) is 0 Å². The predicted molar refractivity (Wildman–Crippen MR) is 218 cm³/mol. The van der Waals surface area contributed by atoms with E-state index in [0.29, 0.717) is 39.5 Å². The van der Waals surface area contributed by atoms with Gasteiger partial charge in [-0.2, -0.15) is 0 Å². The Hall–Kier alpha value is 0.720. The van der Waals surface area contributed by atoms with Gasteiger partial charge in [-0.1, -0.05) is 168 Å². The van der Waals surface area contributed by atoms with Crippen molar-refractivity contribution in [1.82, 2.24) is 0 Å². The van der Waals surface area contributed by atoms with Gasteiger partial charge in [0.1, 0.15) is 25.3 Å². The standard InChI is InChI=1S/C44H94N2O4.2BrH/c1-7-9-11-13-15-17-19-21-23-25-27-29-31-33-35-45(3,4)39-43(47)41-49-37-38-50-42-44(48)40-46(5,6)36-34-32-30-28-26-24-22-20-18-16-14-12-10-8-2;;/h43-44,47-48H,7-42H2,1-6H3;2*1H/q+2;;/p-2. The number of likely N-dealkylation sites (N-methyl/N-ethyl adjacent to an activating group) is 2. The van der Waals surface area contributed by atoms with E-state index in [9.17, 15) is 10.2 Å². The number of hydrogen-bond donors (Lipinski definition) is 2. The highest BCUT2D eigenvalue weighted by atomic mass is 79.9. The van der Waals surface area contributed by atoms with Crippen LogP contribution in [0.2, 0.25) is 0 Å². The number of halogens is 2. The van der Waals surface area contributed by atoms with Crippen LogP contribution in [-0.4, -0.2) is 112 Å². The lowest BCUT2D eigenvalue weighted by molar-refractivity contribution is -0.893. The van der Waals surface area contributed by atoms with Gasteiger partial charge in [-0.05, 0) is 25.7 Å². The van der Waals surface area contributed by atoms with Crippen LogP contribution in [0.1, 0.15) is 194 Å². The van der Waals surface area contributed by atoms with Crippen LogP contribution in [-0.2, 0) is 9.47 Å². The number of rotatable bonds is 41. The Morgan fingerprint density at radius 3 is 0.808 bits per heavy atom. The number of ether oxygens (including phenoxy) is 2. The summed E-state index contributed by atoms with van der Waals surface area (Å²) in [5.74, 6) is 0. The van der Waals surface area contributed by atoms with Crippen LogP contribution in [0.15, 0.2) is 0 Å². The first-order chi connectivity index (χ1) is 24.1. The second kappa shape index (κ2) is 41.4. The van der Waals surface area contributed by atoms with Crippen molar-refractivity contribution in [2.24, 2.45) is 0 Å². The molecular weight excluding hydrogens is 780 g/mol. The maximum absolute atomic E-state index is 10.5. The second-order valence-corrected chi connectivity index (χ2v) is 17.3. The van der Waals surface area contributed by atoms with E-state index in [-0.39, 0.29) is 34.0 Å². The first-order valence-electron chi connectivity index (χ1n) is 22.3. The lowest BCUT2D eigenvalue weighted by Crippen LogP contribution is -3.00. The Balaban J connectivity index is -0.0000120. The topological polar surface area (TPSA) is 58.9 Å². The van der Waals surface area contributed by atoms with E-state index in [4.69, 9.17) is 9.47 Å². The minimum atomic E-state index is -0.463. The van der Waals surface area contributed by atoms with Crippen molar-refractivity contribution in [2.75, 3.05) is 80.8 Å². The lowest BCUT2D eigenvalue weighted by Gasteiger charge is -2.32. The fraction of sp³-hybridized carbons (Fsp3) is 1.00. The normalized spacial score (nSPS) is 13.2. The van der Waals surface area contributed by atoms with Crippen LogP contribution in [0, 0.1) is 0 Å². The Bertz CT molecular complexity index is 631. The Kier molecular flexibility index (Phi) is 45.4. The molecule has 0 aliphatic carbocycles. The third-order valence-corrected chi connectivity index (χ3v) is 10.6. The number of hydrogen-bond acceptors (Lipinski definition) is 4. The van der Waals surface area contributed by atoms with E-state index >= 15 is 0 Å². The molecule has 0 saturated carbocycles. The molecule has 0 saturated heterocycles. The summed E-state index contributed by atoms with van der Waals surface area (Å²) < 4.78 is 13.1. The van der Waals surface area contributed by atoms with E-state index in [0.717, 1.165) is 22.1 Å². The molecule has 0 aromatic heterocycles. The number of aliphatic hydroxyl groups excluding tert-OH is 2. The van der Waals surface area contributed by atoms with Crippen LogP contribution in [0.4, 0.5) is 0 Å². The summed E-state index contributed by atoms with van der Waals surface area (Å²) in [6.07, 6.45) is 37.8. The fourth-order valence-corrected chi connectivity index (χ4v) is 7.45. The molecule has 0 heterocycles. The zero-order valence-electron chi connectivity index (χ0n) is 36.0. The summed E-state index contributed by atoms with van der Waals surface area (Å²) in [7, 11) is 8.87. The molecule has 0 aliphatic rings. The highest BCUT2D eigenvalue weighted by Gasteiger charge is 2.21. The quantitative estimate of drug-likeness (QED) is 0.0682. The average Bonchev–Trinajstić information content (AvgIpc) is 3.06. The van der Waals surface area contributed by atoms with E-state index in [1.54, 1.807) is 0 Å². The molecule has 8 heteroatoms.